The third kappa shape index (κ3) is 2.78. The molecule has 3 nitrogen and oxygen atoms in total. The average Bonchev–Trinajstić information content (AvgIpc) is 2.82. The Morgan fingerprint density at radius 3 is 2.60 bits per heavy atom. The zero-order valence-electron chi connectivity index (χ0n) is 12.5. The van der Waals surface area contributed by atoms with Gasteiger partial charge in [0.15, 0.2) is 0 Å². The average molecular weight is 276 g/mol. The number of methoxy groups -OCH3 is 1. The summed E-state index contributed by atoms with van der Waals surface area (Å²) in [4.78, 5) is 2.27. The van der Waals surface area contributed by atoms with Gasteiger partial charge in [0.2, 0.25) is 0 Å². The molecule has 0 N–H and O–H groups in total. The number of rotatable bonds is 2. The molecule has 4 heteroatoms. The zero-order chi connectivity index (χ0) is 14.9. The van der Waals surface area contributed by atoms with Crippen LogP contribution in [0.2, 0.25) is 0 Å². The van der Waals surface area contributed by atoms with Crippen molar-refractivity contribution in [2.24, 2.45) is 5.92 Å². The van der Waals surface area contributed by atoms with Crippen molar-refractivity contribution in [2.75, 3.05) is 20.2 Å². The van der Waals surface area contributed by atoms with Crippen LogP contribution in [-0.4, -0.2) is 30.6 Å². The Labute approximate surface area is 120 Å². The van der Waals surface area contributed by atoms with E-state index in [0.717, 1.165) is 12.1 Å². The van der Waals surface area contributed by atoms with E-state index in [1.54, 1.807) is 13.2 Å². The van der Waals surface area contributed by atoms with Gasteiger partial charge in [0.1, 0.15) is 11.6 Å². The molecular formula is C16H21FN2O. The van der Waals surface area contributed by atoms with Gasteiger partial charge in [-0.2, -0.15) is 5.26 Å². The maximum Gasteiger partial charge on any atom is 0.123 e. The van der Waals surface area contributed by atoms with E-state index in [9.17, 15) is 9.65 Å². The van der Waals surface area contributed by atoms with Crippen molar-refractivity contribution >= 4 is 0 Å². The number of ether oxygens (including phenoxy) is 1. The van der Waals surface area contributed by atoms with Crippen molar-refractivity contribution in [2.45, 2.75) is 32.2 Å². The molecule has 20 heavy (non-hydrogen) atoms. The van der Waals surface area contributed by atoms with Crippen molar-refractivity contribution in [3.05, 3.63) is 29.6 Å². The number of hydrogen-bond acceptors (Lipinski definition) is 3. The molecule has 2 rings (SSSR count). The summed E-state index contributed by atoms with van der Waals surface area (Å²) in [6.45, 7) is 7.86. The highest BCUT2D eigenvalue weighted by atomic mass is 19.1. The highest BCUT2D eigenvalue weighted by Gasteiger charge is 2.39. The van der Waals surface area contributed by atoms with E-state index in [4.69, 9.17) is 4.74 Å². The Balaban J connectivity index is 2.37. The van der Waals surface area contributed by atoms with Crippen LogP contribution in [-0.2, 0) is 0 Å². The summed E-state index contributed by atoms with van der Waals surface area (Å²) in [5.74, 6) is 0.230. The van der Waals surface area contributed by atoms with Gasteiger partial charge in [-0.25, -0.2) is 4.39 Å². The van der Waals surface area contributed by atoms with Crippen LogP contribution in [0.25, 0.3) is 0 Å². The second kappa shape index (κ2) is 5.41. The van der Waals surface area contributed by atoms with Gasteiger partial charge in [-0.05, 0) is 39.0 Å². The monoisotopic (exact) mass is 276 g/mol. The van der Waals surface area contributed by atoms with Gasteiger partial charge in [0, 0.05) is 30.1 Å². The van der Waals surface area contributed by atoms with E-state index in [0.29, 0.717) is 12.3 Å². The smallest absolute Gasteiger partial charge is 0.123 e. The summed E-state index contributed by atoms with van der Waals surface area (Å²) in [5.41, 5.74) is 0.801. The summed E-state index contributed by atoms with van der Waals surface area (Å²) in [6.07, 6.45) is 0. The number of hydrogen-bond donors (Lipinski definition) is 0. The molecule has 2 atom stereocenters. The molecule has 108 valence electrons. The standard InChI is InChI=1S/C16H21FN2O/c1-16(2,3)19-9-11(8-18)14(10-19)13-7-12(17)5-6-15(13)20-4/h5-7,11,14H,9-10H2,1-4H3/t11-,14-/m0/s1. The maximum atomic E-state index is 13.5. The Morgan fingerprint density at radius 2 is 2.05 bits per heavy atom. The second-order valence-electron chi connectivity index (χ2n) is 6.30. The quantitative estimate of drug-likeness (QED) is 0.832. The summed E-state index contributed by atoms with van der Waals surface area (Å²) in [6, 6.07) is 6.89. The lowest BCUT2D eigenvalue weighted by molar-refractivity contribution is 0.170. The molecule has 0 radical (unpaired) electrons. The van der Waals surface area contributed by atoms with Crippen LogP contribution in [0.15, 0.2) is 18.2 Å². The lowest BCUT2D eigenvalue weighted by Gasteiger charge is -2.31. The largest absolute Gasteiger partial charge is 0.496 e. The molecule has 0 unspecified atom stereocenters. The van der Waals surface area contributed by atoms with Crippen LogP contribution in [0.3, 0.4) is 0 Å². The normalized spacial score (nSPS) is 23.6. The number of likely N-dealkylation sites (tertiary alicyclic amines) is 1. The fraction of sp³-hybridized carbons (Fsp3) is 0.562. The summed E-state index contributed by atoms with van der Waals surface area (Å²) < 4.78 is 18.9. The lowest BCUT2D eigenvalue weighted by Crippen LogP contribution is -2.39. The first kappa shape index (κ1) is 14.8. The molecule has 1 aliphatic rings. The van der Waals surface area contributed by atoms with Gasteiger partial charge in [0.05, 0.1) is 19.1 Å². The van der Waals surface area contributed by atoms with E-state index in [2.05, 4.69) is 31.7 Å². The Morgan fingerprint density at radius 1 is 1.35 bits per heavy atom. The topological polar surface area (TPSA) is 36.3 Å². The Hall–Kier alpha value is -1.60. The molecule has 0 aliphatic carbocycles. The van der Waals surface area contributed by atoms with Crippen molar-refractivity contribution in [3.63, 3.8) is 0 Å². The molecule has 1 aromatic carbocycles. The van der Waals surface area contributed by atoms with Crippen LogP contribution >= 0.6 is 0 Å². The first-order chi connectivity index (χ1) is 9.36. The van der Waals surface area contributed by atoms with E-state index < -0.39 is 0 Å². The zero-order valence-corrected chi connectivity index (χ0v) is 12.5. The number of benzene rings is 1. The number of nitriles is 1. The van der Waals surface area contributed by atoms with Crippen molar-refractivity contribution in [1.82, 2.24) is 4.90 Å². The predicted octanol–water partition coefficient (Wildman–Crippen LogP) is 3.17. The Bertz CT molecular complexity index is 530. The molecule has 0 spiro atoms. The SMILES string of the molecule is COc1ccc(F)cc1[C@H]1CN(C(C)(C)C)C[C@@H]1C#N. The fourth-order valence-electron chi connectivity index (χ4n) is 2.79. The van der Waals surface area contributed by atoms with Crippen molar-refractivity contribution in [3.8, 4) is 11.8 Å². The third-order valence-electron chi connectivity index (χ3n) is 4.03. The lowest BCUT2D eigenvalue weighted by atomic mass is 9.89. The van der Waals surface area contributed by atoms with E-state index >= 15 is 0 Å². The van der Waals surface area contributed by atoms with Crippen LogP contribution in [0, 0.1) is 23.1 Å². The molecule has 1 fully saturated rings. The van der Waals surface area contributed by atoms with Gasteiger partial charge in [-0.1, -0.05) is 0 Å². The number of nitrogens with zero attached hydrogens (tertiary/aromatic N) is 2. The third-order valence-corrected chi connectivity index (χ3v) is 4.03. The van der Waals surface area contributed by atoms with Gasteiger partial charge in [-0.3, -0.25) is 4.90 Å². The van der Waals surface area contributed by atoms with Crippen LogP contribution in [0.1, 0.15) is 32.3 Å². The molecule has 0 bridgehead atoms. The molecule has 1 saturated heterocycles. The van der Waals surface area contributed by atoms with Gasteiger partial charge in [-0.15, -0.1) is 0 Å². The van der Waals surface area contributed by atoms with Crippen LogP contribution in [0.5, 0.6) is 5.75 Å². The van der Waals surface area contributed by atoms with Gasteiger partial charge in [0.25, 0.3) is 0 Å². The van der Waals surface area contributed by atoms with E-state index in [-0.39, 0.29) is 23.2 Å². The molecule has 1 heterocycles. The number of halogens is 1. The molecule has 0 saturated carbocycles. The highest BCUT2D eigenvalue weighted by Crippen LogP contribution is 2.39. The Kier molecular flexibility index (Phi) is 4.01. The maximum absolute atomic E-state index is 13.5. The minimum atomic E-state index is -0.285. The second-order valence-corrected chi connectivity index (χ2v) is 6.30. The molecule has 1 aliphatic heterocycles. The van der Waals surface area contributed by atoms with Crippen molar-refractivity contribution < 1.29 is 9.13 Å². The summed E-state index contributed by atoms with van der Waals surface area (Å²) in [5, 5.41) is 9.40. The van der Waals surface area contributed by atoms with Crippen LogP contribution < -0.4 is 4.74 Å². The fourth-order valence-corrected chi connectivity index (χ4v) is 2.79. The van der Waals surface area contributed by atoms with Crippen LogP contribution in [0.4, 0.5) is 4.39 Å². The minimum absolute atomic E-state index is 0.00438. The summed E-state index contributed by atoms with van der Waals surface area (Å²) >= 11 is 0. The first-order valence-corrected chi connectivity index (χ1v) is 6.85. The van der Waals surface area contributed by atoms with E-state index in [1.807, 2.05) is 0 Å². The summed E-state index contributed by atoms with van der Waals surface area (Å²) in [7, 11) is 1.58. The highest BCUT2D eigenvalue weighted by molar-refractivity contribution is 5.39. The first-order valence-electron chi connectivity index (χ1n) is 6.85. The van der Waals surface area contributed by atoms with Gasteiger partial charge < -0.3 is 4.74 Å². The predicted molar refractivity (Wildman–Crippen MR) is 76.1 cm³/mol. The molecular weight excluding hydrogens is 255 g/mol. The van der Waals surface area contributed by atoms with Crippen molar-refractivity contribution in [1.29, 1.82) is 5.26 Å². The minimum Gasteiger partial charge on any atom is -0.496 e. The van der Waals surface area contributed by atoms with E-state index in [1.165, 1.54) is 12.1 Å². The molecule has 1 aromatic rings. The molecule has 0 amide bonds. The van der Waals surface area contributed by atoms with Gasteiger partial charge >= 0.3 is 0 Å². The molecule has 0 aromatic heterocycles.